The molecule has 116 valence electrons. The van der Waals surface area contributed by atoms with Crippen molar-refractivity contribution in [1.29, 1.82) is 0 Å². The molecule has 0 unspecified atom stereocenters. The number of nitrogens with zero attached hydrogens (tertiary/aromatic N) is 1. The zero-order chi connectivity index (χ0) is 16.2. The van der Waals surface area contributed by atoms with Gasteiger partial charge in [-0.15, -0.1) is 0 Å². The third-order valence-corrected chi connectivity index (χ3v) is 3.20. The van der Waals surface area contributed by atoms with Gasteiger partial charge < -0.3 is 15.0 Å². The number of hydrogen-bond acceptors (Lipinski definition) is 4. The molecule has 2 aromatic carbocycles. The average Bonchev–Trinajstić information content (AvgIpc) is 3.04. The van der Waals surface area contributed by atoms with Gasteiger partial charge in [0.25, 0.3) is 5.91 Å². The Balaban J connectivity index is 1.68. The van der Waals surface area contributed by atoms with Gasteiger partial charge in [0.05, 0.1) is 0 Å². The Morgan fingerprint density at radius 3 is 2.61 bits per heavy atom. The molecule has 0 saturated heterocycles. The molecule has 2 N–H and O–H groups in total. The fourth-order valence-corrected chi connectivity index (χ4v) is 2.04. The minimum atomic E-state index is -0.668. The van der Waals surface area contributed by atoms with E-state index in [0.717, 1.165) is 11.1 Å². The molecule has 3 rings (SSSR count). The van der Waals surface area contributed by atoms with Gasteiger partial charge in [0, 0.05) is 11.6 Å². The molecule has 0 atom stereocenters. The molecule has 0 radical (unpaired) electrons. The summed E-state index contributed by atoms with van der Waals surface area (Å²) < 4.78 is 23.5. The zero-order valence-corrected chi connectivity index (χ0v) is 12.0. The molecule has 23 heavy (non-hydrogen) atoms. The second kappa shape index (κ2) is 6.31. The van der Waals surface area contributed by atoms with Crippen molar-refractivity contribution >= 4 is 5.91 Å². The van der Waals surface area contributed by atoms with Crippen LogP contribution in [0.4, 0.5) is 4.39 Å². The highest BCUT2D eigenvalue weighted by atomic mass is 19.1. The Morgan fingerprint density at radius 2 is 1.96 bits per heavy atom. The molecule has 0 bridgehead atoms. The van der Waals surface area contributed by atoms with Crippen LogP contribution in [0.25, 0.3) is 11.3 Å². The number of benzene rings is 2. The number of nitrogens with two attached hydrogens (primary N) is 1. The number of halogens is 1. The lowest BCUT2D eigenvalue weighted by Gasteiger charge is -2.06. The van der Waals surface area contributed by atoms with Crippen LogP contribution in [0.15, 0.2) is 59.1 Å². The van der Waals surface area contributed by atoms with Crippen molar-refractivity contribution in [3.05, 3.63) is 71.7 Å². The fraction of sp³-hybridized carbons (Fsp3) is 0.0588. The molecule has 1 aromatic heterocycles. The van der Waals surface area contributed by atoms with Gasteiger partial charge in [-0.2, -0.15) is 0 Å². The van der Waals surface area contributed by atoms with E-state index in [1.807, 2.05) is 0 Å². The van der Waals surface area contributed by atoms with E-state index in [-0.39, 0.29) is 18.2 Å². The molecule has 0 spiro atoms. The summed E-state index contributed by atoms with van der Waals surface area (Å²) in [7, 11) is 0. The van der Waals surface area contributed by atoms with Gasteiger partial charge >= 0.3 is 0 Å². The van der Waals surface area contributed by atoms with Crippen LogP contribution < -0.4 is 10.5 Å². The van der Waals surface area contributed by atoms with Crippen LogP contribution in [-0.4, -0.2) is 11.1 Å². The van der Waals surface area contributed by atoms with Crippen LogP contribution >= 0.6 is 0 Å². The Labute approximate surface area is 131 Å². The molecule has 6 heteroatoms. The fourth-order valence-electron chi connectivity index (χ4n) is 2.04. The van der Waals surface area contributed by atoms with Crippen molar-refractivity contribution in [3.63, 3.8) is 0 Å². The minimum Gasteiger partial charge on any atom is -0.489 e. The van der Waals surface area contributed by atoms with E-state index in [4.69, 9.17) is 15.0 Å². The summed E-state index contributed by atoms with van der Waals surface area (Å²) >= 11 is 0. The predicted octanol–water partition coefficient (Wildman–Crippen LogP) is 3.16. The maximum atomic E-state index is 13.1. The van der Waals surface area contributed by atoms with Crippen molar-refractivity contribution in [2.45, 2.75) is 6.61 Å². The number of primary amides is 1. The predicted molar refractivity (Wildman–Crippen MR) is 81.2 cm³/mol. The third kappa shape index (κ3) is 3.55. The number of carbonyl (C=O) groups is 1. The molecule has 1 amide bonds. The first-order valence-electron chi connectivity index (χ1n) is 6.86. The van der Waals surface area contributed by atoms with E-state index in [9.17, 15) is 9.18 Å². The molecule has 0 saturated carbocycles. The van der Waals surface area contributed by atoms with Crippen LogP contribution in [-0.2, 0) is 6.61 Å². The van der Waals surface area contributed by atoms with Crippen LogP contribution in [0.3, 0.4) is 0 Å². The molecule has 0 aliphatic rings. The highest BCUT2D eigenvalue weighted by Gasteiger charge is 2.10. The van der Waals surface area contributed by atoms with E-state index in [1.165, 1.54) is 18.2 Å². The van der Waals surface area contributed by atoms with Gasteiger partial charge in [-0.1, -0.05) is 17.3 Å². The second-order valence-corrected chi connectivity index (χ2v) is 4.88. The summed E-state index contributed by atoms with van der Waals surface area (Å²) in [5.41, 5.74) is 7.14. The normalized spacial score (nSPS) is 10.5. The average molecular weight is 312 g/mol. The summed E-state index contributed by atoms with van der Waals surface area (Å²) in [5, 5.41) is 3.78. The number of rotatable bonds is 5. The zero-order valence-electron chi connectivity index (χ0n) is 12.0. The monoisotopic (exact) mass is 312 g/mol. The number of carbonyl (C=O) groups excluding carboxylic acids is 1. The van der Waals surface area contributed by atoms with Crippen LogP contribution in [0.2, 0.25) is 0 Å². The van der Waals surface area contributed by atoms with Gasteiger partial charge in [0.1, 0.15) is 23.9 Å². The van der Waals surface area contributed by atoms with Crippen LogP contribution in [0.5, 0.6) is 5.75 Å². The highest BCUT2D eigenvalue weighted by molar-refractivity contribution is 5.90. The lowest BCUT2D eigenvalue weighted by molar-refractivity contribution is 0.0965. The van der Waals surface area contributed by atoms with E-state index >= 15 is 0 Å². The van der Waals surface area contributed by atoms with E-state index < -0.39 is 5.91 Å². The summed E-state index contributed by atoms with van der Waals surface area (Å²) in [5.74, 6) is -0.320. The summed E-state index contributed by atoms with van der Waals surface area (Å²) in [6.07, 6.45) is 0. The number of aromatic nitrogens is 1. The third-order valence-electron chi connectivity index (χ3n) is 3.20. The molecule has 0 aliphatic heterocycles. The van der Waals surface area contributed by atoms with Gasteiger partial charge in [-0.25, -0.2) is 4.39 Å². The Hall–Kier alpha value is -3.15. The Bertz CT molecular complexity index is 828. The number of amides is 1. The molecule has 1 heterocycles. The van der Waals surface area contributed by atoms with Crippen molar-refractivity contribution in [3.8, 4) is 17.0 Å². The van der Waals surface area contributed by atoms with E-state index in [0.29, 0.717) is 11.4 Å². The largest absolute Gasteiger partial charge is 0.489 e. The molecule has 0 aliphatic carbocycles. The summed E-state index contributed by atoms with van der Waals surface area (Å²) in [4.78, 5) is 11.0. The molecule has 3 aromatic rings. The first-order valence-corrected chi connectivity index (χ1v) is 6.86. The quantitative estimate of drug-likeness (QED) is 0.785. The van der Waals surface area contributed by atoms with Crippen LogP contribution in [0.1, 0.15) is 16.1 Å². The molecule has 0 fully saturated rings. The van der Waals surface area contributed by atoms with E-state index in [1.54, 1.807) is 36.4 Å². The van der Waals surface area contributed by atoms with Gasteiger partial charge in [-0.3, -0.25) is 4.79 Å². The Kier molecular flexibility index (Phi) is 4.05. The van der Waals surface area contributed by atoms with Gasteiger partial charge in [0.15, 0.2) is 0 Å². The van der Waals surface area contributed by atoms with Crippen molar-refractivity contribution < 1.29 is 18.4 Å². The summed E-state index contributed by atoms with van der Waals surface area (Å²) in [6.45, 7) is 0.271. The first-order chi connectivity index (χ1) is 11.1. The maximum Gasteiger partial charge on any atom is 0.287 e. The maximum absolute atomic E-state index is 13.1. The smallest absolute Gasteiger partial charge is 0.287 e. The van der Waals surface area contributed by atoms with Crippen molar-refractivity contribution in [2.75, 3.05) is 0 Å². The first kappa shape index (κ1) is 14.8. The minimum absolute atomic E-state index is 0.00595. The molecular formula is C17H13FN2O3. The second-order valence-electron chi connectivity index (χ2n) is 4.88. The molecular weight excluding hydrogens is 299 g/mol. The standard InChI is InChI=1S/C17H13FN2O3/c18-13-3-1-2-11(8-13)10-22-14-6-4-12(5-7-14)15-9-16(17(19)21)23-20-15/h1-9H,10H2,(H2,19,21). The number of hydrogen-bond donors (Lipinski definition) is 1. The topological polar surface area (TPSA) is 78.4 Å². The summed E-state index contributed by atoms with van der Waals surface area (Å²) in [6, 6.07) is 14.8. The molecule has 5 nitrogen and oxygen atoms in total. The lowest BCUT2D eigenvalue weighted by Crippen LogP contribution is -2.09. The van der Waals surface area contributed by atoms with Crippen molar-refractivity contribution in [2.24, 2.45) is 5.73 Å². The Morgan fingerprint density at radius 1 is 1.17 bits per heavy atom. The highest BCUT2D eigenvalue weighted by Crippen LogP contribution is 2.22. The van der Waals surface area contributed by atoms with E-state index in [2.05, 4.69) is 5.16 Å². The van der Waals surface area contributed by atoms with Crippen LogP contribution in [0, 0.1) is 5.82 Å². The van der Waals surface area contributed by atoms with Crippen molar-refractivity contribution in [1.82, 2.24) is 5.16 Å². The lowest BCUT2D eigenvalue weighted by atomic mass is 10.1. The van der Waals surface area contributed by atoms with Gasteiger partial charge in [0.2, 0.25) is 5.76 Å². The van der Waals surface area contributed by atoms with Gasteiger partial charge in [-0.05, 0) is 42.0 Å². The number of ether oxygens (including phenoxy) is 1. The SMILES string of the molecule is NC(=O)c1cc(-c2ccc(OCc3cccc(F)c3)cc2)no1.